The molecule has 0 radical (unpaired) electrons. The van der Waals surface area contributed by atoms with E-state index in [4.69, 9.17) is 5.11 Å². The lowest BCUT2D eigenvalue weighted by atomic mass is 10.2. The van der Waals surface area contributed by atoms with Gasteiger partial charge in [-0.1, -0.05) is 0 Å². The summed E-state index contributed by atoms with van der Waals surface area (Å²) in [6, 6.07) is 0. The van der Waals surface area contributed by atoms with Crippen LogP contribution < -0.4 is 0 Å². The van der Waals surface area contributed by atoms with Crippen molar-refractivity contribution in [2.24, 2.45) is 0 Å². The highest BCUT2D eigenvalue weighted by Crippen LogP contribution is 2.19. The summed E-state index contributed by atoms with van der Waals surface area (Å²) in [7, 11) is 0. The smallest absolute Gasteiger partial charge is 0.339 e. The Balaban J connectivity index is 2.69. The second-order valence-electron chi connectivity index (χ2n) is 3.86. The zero-order chi connectivity index (χ0) is 13.4. The fourth-order valence-electron chi connectivity index (χ4n) is 1.75. The number of halogens is 1. The highest BCUT2D eigenvalue weighted by Gasteiger charge is 2.21. The number of carboxylic acids is 1. The van der Waals surface area contributed by atoms with Gasteiger partial charge in [0, 0.05) is 0 Å². The highest BCUT2D eigenvalue weighted by molar-refractivity contribution is 5.90. The van der Waals surface area contributed by atoms with Crippen molar-refractivity contribution in [2.45, 2.75) is 20.8 Å². The first-order valence-corrected chi connectivity index (χ1v) is 5.20. The zero-order valence-electron chi connectivity index (χ0n) is 10.1. The molecule has 0 bridgehead atoms. The average Bonchev–Trinajstić information content (AvgIpc) is 2.58. The number of hydrogen-bond acceptors (Lipinski definition) is 4. The Kier molecular flexibility index (Phi) is 2.82. The SMILES string of the molecule is Cc1ncnc(-n2nc(C)c(C(=O)O)c2C)c1F. The molecule has 7 heteroatoms. The number of aromatic nitrogens is 4. The van der Waals surface area contributed by atoms with Gasteiger partial charge >= 0.3 is 5.97 Å². The fourth-order valence-corrected chi connectivity index (χ4v) is 1.75. The van der Waals surface area contributed by atoms with E-state index in [1.807, 2.05) is 0 Å². The van der Waals surface area contributed by atoms with E-state index in [1.165, 1.54) is 17.9 Å². The molecular formula is C11H11FN4O2. The van der Waals surface area contributed by atoms with Crippen LogP contribution in [-0.4, -0.2) is 30.8 Å². The van der Waals surface area contributed by atoms with Crippen molar-refractivity contribution in [2.75, 3.05) is 0 Å². The molecule has 0 aliphatic carbocycles. The minimum atomic E-state index is -1.09. The van der Waals surface area contributed by atoms with Gasteiger partial charge in [-0.05, 0) is 20.8 Å². The second kappa shape index (κ2) is 4.17. The van der Waals surface area contributed by atoms with Gasteiger partial charge in [-0.15, -0.1) is 0 Å². The van der Waals surface area contributed by atoms with Crippen LogP contribution in [0.1, 0.15) is 27.4 Å². The summed E-state index contributed by atoms with van der Waals surface area (Å²) in [5.41, 5.74) is 0.891. The van der Waals surface area contributed by atoms with Crippen molar-refractivity contribution in [3.05, 3.63) is 34.8 Å². The molecule has 0 aliphatic rings. The maximum absolute atomic E-state index is 13.9. The Morgan fingerprint density at radius 2 is 1.94 bits per heavy atom. The van der Waals surface area contributed by atoms with Crippen LogP contribution in [0.5, 0.6) is 0 Å². The number of aromatic carboxylic acids is 1. The van der Waals surface area contributed by atoms with E-state index in [-0.39, 0.29) is 17.1 Å². The van der Waals surface area contributed by atoms with Crippen LogP contribution in [0.25, 0.3) is 5.82 Å². The summed E-state index contributed by atoms with van der Waals surface area (Å²) in [4.78, 5) is 18.6. The summed E-state index contributed by atoms with van der Waals surface area (Å²) < 4.78 is 15.1. The second-order valence-corrected chi connectivity index (χ2v) is 3.86. The summed E-state index contributed by atoms with van der Waals surface area (Å²) in [5.74, 6) is -1.75. The molecule has 2 aromatic rings. The summed E-state index contributed by atoms with van der Waals surface area (Å²) >= 11 is 0. The molecule has 6 nitrogen and oxygen atoms in total. The van der Waals surface area contributed by atoms with Crippen molar-refractivity contribution in [3.63, 3.8) is 0 Å². The number of aryl methyl sites for hydroxylation is 2. The summed E-state index contributed by atoms with van der Waals surface area (Å²) in [6.07, 6.45) is 1.21. The van der Waals surface area contributed by atoms with E-state index >= 15 is 0 Å². The van der Waals surface area contributed by atoms with Crippen LogP contribution in [0.4, 0.5) is 4.39 Å². The Bertz CT molecular complexity index is 636. The molecule has 0 aromatic carbocycles. The molecule has 0 fully saturated rings. The van der Waals surface area contributed by atoms with Gasteiger partial charge in [0.25, 0.3) is 0 Å². The van der Waals surface area contributed by atoms with Crippen molar-refractivity contribution in [1.82, 2.24) is 19.7 Å². The van der Waals surface area contributed by atoms with Gasteiger partial charge in [-0.3, -0.25) is 0 Å². The number of carbonyl (C=O) groups is 1. The van der Waals surface area contributed by atoms with Crippen LogP contribution in [0.2, 0.25) is 0 Å². The van der Waals surface area contributed by atoms with E-state index in [0.29, 0.717) is 11.4 Å². The first-order valence-electron chi connectivity index (χ1n) is 5.20. The number of carboxylic acid groups (broad SMARTS) is 1. The van der Waals surface area contributed by atoms with Crippen molar-refractivity contribution in [3.8, 4) is 5.82 Å². The molecule has 0 saturated carbocycles. The lowest BCUT2D eigenvalue weighted by Crippen LogP contribution is -2.08. The third-order valence-electron chi connectivity index (χ3n) is 2.65. The molecule has 0 spiro atoms. The van der Waals surface area contributed by atoms with E-state index in [0.717, 1.165) is 0 Å². The minimum absolute atomic E-state index is 0.0457. The predicted octanol–water partition coefficient (Wildman–Crippen LogP) is 1.42. The molecule has 18 heavy (non-hydrogen) atoms. The molecule has 94 valence electrons. The lowest BCUT2D eigenvalue weighted by molar-refractivity contribution is 0.0695. The van der Waals surface area contributed by atoms with Crippen molar-refractivity contribution in [1.29, 1.82) is 0 Å². The van der Waals surface area contributed by atoms with Crippen LogP contribution in [0.3, 0.4) is 0 Å². The standard InChI is InChI=1S/C11H11FN4O2/c1-5-8(11(17)18)7(3)16(15-5)10-9(12)6(2)13-4-14-10/h4H,1-3H3,(H,17,18). The molecule has 1 N–H and O–H groups in total. The molecule has 0 aliphatic heterocycles. The maximum atomic E-state index is 13.9. The predicted molar refractivity (Wildman–Crippen MR) is 60.3 cm³/mol. The first-order chi connectivity index (χ1) is 8.43. The van der Waals surface area contributed by atoms with Crippen LogP contribution in [0.15, 0.2) is 6.33 Å². The van der Waals surface area contributed by atoms with Crippen LogP contribution in [-0.2, 0) is 0 Å². The molecule has 2 aromatic heterocycles. The van der Waals surface area contributed by atoms with E-state index in [1.54, 1.807) is 13.8 Å². The van der Waals surface area contributed by atoms with Crippen LogP contribution >= 0.6 is 0 Å². The van der Waals surface area contributed by atoms with Gasteiger partial charge in [0.15, 0.2) is 11.6 Å². The fraction of sp³-hybridized carbons (Fsp3) is 0.273. The van der Waals surface area contributed by atoms with Gasteiger partial charge in [0.05, 0.1) is 17.1 Å². The monoisotopic (exact) mass is 250 g/mol. The molecule has 2 heterocycles. The van der Waals surface area contributed by atoms with Crippen molar-refractivity contribution >= 4 is 5.97 Å². The Morgan fingerprint density at radius 3 is 2.50 bits per heavy atom. The van der Waals surface area contributed by atoms with Gasteiger partial charge in [0.2, 0.25) is 0 Å². The van der Waals surface area contributed by atoms with Crippen LogP contribution in [0, 0.1) is 26.6 Å². The minimum Gasteiger partial charge on any atom is -0.478 e. The molecule has 0 amide bonds. The molecule has 0 saturated heterocycles. The summed E-state index contributed by atoms with van der Waals surface area (Å²) in [6.45, 7) is 4.61. The lowest BCUT2D eigenvalue weighted by Gasteiger charge is -2.05. The molecular weight excluding hydrogens is 239 g/mol. The van der Waals surface area contributed by atoms with E-state index < -0.39 is 11.8 Å². The largest absolute Gasteiger partial charge is 0.478 e. The van der Waals surface area contributed by atoms with E-state index in [9.17, 15) is 9.18 Å². The first kappa shape index (κ1) is 12.2. The third-order valence-corrected chi connectivity index (χ3v) is 2.65. The Labute approximate surface area is 102 Å². The van der Waals surface area contributed by atoms with Crippen molar-refractivity contribution < 1.29 is 14.3 Å². The Hall–Kier alpha value is -2.31. The molecule has 2 rings (SSSR count). The van der Waals surface area contributed by atoms with Gasteiger partial charge in [-0.25, -0.2) is 23.8 Å². The normalized spacial score (nSPS) is 10.7. The quantitative estimate of drug-likeness (QED) is 0.871. The van der Waals surface area contributed by atoms with E-state index in [2.05, 4.69) is 15.1 Å². The number of nitrogens with zero attached hydrogens (tertiary/aromatic N) is 4. The number of hydrogen-bond donors (Lipinski definition) is 1. The topological polar surface area (TPSA) is 80.9 Å². The van der Waals surface area contributed by atoms with Gasteiger partial charge < -0.3 is 5.11 Å². The zero-order valence-corrected chi connectivity index (χ0v) is 10.1. The summed E-state index contributed by atoms with van der Waals surface area (Å²) in [5, 5.41) is 13.1. The number of rotatable bonds is 2. The maximum Gasteiger partial charge on any atom is 0.339 e. The third kappa shape index (κ3) is 1.73. The average molecular weight is 250 g/mol. The van der Waals surface area contributed by atoms with Gasteiger partial charge in [-0.2, -0.15) is 5.10 Å². The molecule has 0 unspecified atom stereocenters. The van der Waals surface area contributed by atoms with Gasteiger partial charge in [0.1, 0.15) is 11.9 Å². The highest BCUT2D eigenvalue weighted by atomic mass is 19.1. The molecule has 0 atom stereocenters. The Morgan fingerprint density at radius 1 is 1.28 bits per heavy atom.